The summed E-state index contributed by atoms with van der Waals surface area (Å²) >= 11 is 0. The molecule has 0 saturated carbocycles. The third-order valence-corrected chi connectivity index (χ3v) is 4.16. The molecule has 1 N–H and O–H groups in total. The van der Waals surface area contributed by atoms with E-state index >= 15 is 0 Å². The highest BCUT2D eigenvalue weighted by atomic mass is 16.5. The first-order valence-electron chi connectivity index (χ1n) is 8.00. The number of carbonyl (C=O) groups is 1. The van der Waals surface area contributed by atoms with Gasteiger partial charge in [0.2, 0.25) is 0 Å². The maximum absolute atomic E-state index is 12.8. The van der Waals surface area contributed by atoms with Crippen molar-refractivity contribution in [2.45, 2.75) is 33.3 Å². The Kier molecular flexibility index (Phi) is 4.24. The van der Waals surface area contributed by atoms with Crippen LogP contribution in [0.5, 0.6) is 5.75 Å². The van der Waals surface area contributed by atoms with Crippen molar-refractivity contribution in [3.05, 3.63) is 53.6 Å². The van der Waals surface area contributed by atoms with Crippen LogP contribution in [0.25, 0.3) is 0 Å². The zero-order valence-corrected chi connectivity index (χ0v) is 13.8. The summed E-state index contributed by atoms with van der Waals surface area (Å²) in [7, 11) is 0. The quantitative estimate of drug-likeness (QED) is 0.886. The van der Waals surface area contributed by atoms with E-state index in [2.05, 4.69) is 18.3 Å². The Morgan fingerprint density at radius 1 is 1.26 bits per heavy atom. The third kappa shape index (κ3) is 3.16. The van der Waals surface area contributed by atoms with Crippen LogP contribution in [0.2, 0.25) is 0 Å². The lowest BCUT2D eigenvalue weighted by atomic mass is 10.1. The monoisotopic (exact) mass is 310 g/mol. The topological polar surface area (TPSA) is 41.6 Å². The molecule has 2 amide bonds. The number of anilines is 2. The summed E-state index contributed by atoms with van der Waals surface area (Å²) in [5.41, 5.74) is 3.91. The Hall–Kier alpha value is -2.49. The van der Waals surface area contributed by atoms with Crippen LogP contribution in [0, 0.1) is 13.8 Å². The molecule has 2 aromatic rings. The molecule has 0 fully saturated rings. The van der Waals surface area contributed by atoms with E-state index in [4.69, 9.17) is 4.74 Å². The maximum atomic E-state index is 12.8. The lowest BCUT2D eigenvalue weighted by molar-refractivity contribution is 0.188. The number of nitrogens with zero attached hydrogens (tertiary/aromatic N) is 1. The van der Waals surface area contributed by atoms with Crippen LogP contribution < -0.4 is 15.0 Å². The fraction of sp³-hybridized carbons (Fsp3) is 0.316. The molecule has 1 aliphatic heterocycles. The highest BCUT2D eigenvalue weighted by Crippen LogP contribution is 2.34. The van der Waals surface area contributed by atoms with Crippen LogP contribution in [-0.4, -0.2) is 18.7 Å². The van der Waals surface area contributed by atoms with Crippen molar-refractivity contribution in [1.82, 2.24) is 0 Å². The Balaban J connectivity index is 1.86. The van der Waals surface area contributed by atoms with Gasteiger partial charge in [-0.2, -0.15) is 0 Å². The summed E-state index contributed by atoms with van der Waals surface area (Å²) in [5.74, 6) is 0.765. The van der Waals surface area contributed by atoms with E-state index in [1.165, 1.54) is 5.56 Å². The van der Waals surface area contributed by atoms with Crippen molar-refractivity contribution in [3.63, 3.8) is 0 Å². The summed E-state index contributed by atoms with van der Waals surface area (Å²) in [6.45, 7) is 6.68. The smallest absolute Gasteiger partial charge is 0.326 e. The standard InChI is InChI=1S/C19H22N2O2/c1-4-15-12-21(17-7-5-6-8-18(17)23-15)19(22)20-16-10-9-13(2)11-14(16)3/h5-11,15H,4,12H2,1-3H3,(H,20,22)/t15-/m0/s1. The molecule has 0 saturated heterocycles. The van der Waals surface area contributed by atoms with E-state index < -0.39 is 0 Å². The van der Waals surface area contributed by atoms with Gasteiger partial charge in [0.05, 0.1) is 12.2 Å². The van der Waals surface area contributed by atoms with Gasteiger partial charge in [-0.15, -0.1) is 0 Å². The Bertz CT molecular complexity index is 727. The van der Waals surface area contributed by atoms with Crippen LogP contribution in [0.15, 0.2) is 42.5 Å². The molecule has 1 aliphatic rings. The highest BCUT2D eigenvalue weighted by Gasteiger charge is 2.28. The number of urea groups is 1. The van der Waals surface area contributed by atoms with E-state index in [-0.39, 0.29) is 12.1 Å². The lowest BCUT2D eigenvalue weighted by Gasteiger charge is -2.34. The minimum Gasteiger partial charge on any atom is -0.486 e. The number of amides is 2. The molecule has 120 valence electrons. The minimum absolute atomic E-state index is 0.0229. The fourth-order valence-corrected chi connectivity index (χ4v) is 2.84. The molecule has 0 radical (unpaired) electrons. The molecule has 0 aliphatic carbocycles. The first kappa shape index (κ1) is 15.4. The number of hydrogen-bond donors (Lipinski definition) is 1. The summed E-state index contributed by atoms with van der Waals surface area (Å²) in [6, 6.07) is 13.6. The average molecular weight is 310 g/mol. The summed E-state index contributed by atoms with van der Waals surface area (Å²) in [5, 5.41) is 3.02. The average Bonchev–Trinajstić information content (AvgIpc) is 2.56. The zero-order chi connectivity index (χ0) is 16.4. The van der Waals surface area contributed by atoms with Crippen molar-refractivity contribution >= 4 is 17.4 Å². The van der Waals surface area contributed by atoms with E-state index in [1.54, 1.807) is 4.90 Å². The number of ether oxygens (including phenoxy) is 1. The molecule has 23 heavy (non-hydrogen) atoms. The number of fused-ring (bicyclic) bond motifs is 1. The number of nitrogens with one attached hydrogen (secondary N) is 1. The molecule has 2 aromatic carbocycles. The van der Waals surface area contributed by atoms with Crippen molar-refractivity contribution in [2.24, 2.45) is 0 Å². The third-order valence-electron chi connectivity index (χ3n) is 4.16. The van der Waals surface area contributed by atoms with Gasteiger partial charge in [0.15, 0.2) is 0 Å². The first-order chi connectivity index (χ1) is 11.1. The van der Waals surface area contributed by atoms with Crippen molar-refractivity contribution in [3.8, 4) is 5.75 Å². The van der Waals surface area contributed by atoms with Crippen LogP contribution >= 0.6 is 0 Å². The molecule has 1 heterocycles. The Labute approximate surface area is 137 Å². The molecule has 1 atom stereocenters. The molecular weight excluding hydrogens is 288 g/mol. The number of carbonyl (C=O) groups excluding carboxylic acids is 1. The molecular formula is C19H22N2O2. The predicted octanol–water partition coefficient (Wildman–Crippen LogP) is 4.51. The second-order valence-electron chi connectivity index (χ2n) is 5.97. The highest BCUT2D eigenvalue weighted by molar-refractivity contribution is 6.03. The minimum atomic E-state index is -0.119. The van der Waals surface area contributed by atoms with Gasteiger partial charge in [0.25, 0.3) is 0 Å². The van der Waals surface area contributed by atoms with Crippen LogP contribution in [-0.2, 0) is 0 Å². The van der Waals surface area contributed by atoms with Gasteiger partial charge in [0, 0.05) is 5.69 Å². The molecule has 3 rings (SSSR count). The summed E-state index contributed by atoms with van der Waals surface area (Å²) in [6.07, 6.45) is 0.886. The van der Waals surface area contributed by atoms with Gasteiger partial charge in [-0.25, -0.2) is 4.79 Å². The predicted molar refractivity (Wildman–Crippen MR) is 93.4 cm³/mol. The van der Waals surface area contributed by atoms with Crippen molar-refractivity contribution in [1.29, 1.82) is 0 Å². The van der Waals surface area contributed by atoms with E-state index in [9.17, 15) is 4.79 Å². The normalized spacial score (nSPS) is 16.5. The lowest BCUT2D eigenvalue weighted by Crippen LogP contribution is -2.45. The zero-order valence-electron chi connectivity index (χ0n) is 13.8. The number of hydrogen-bond acceptors (Lipinski definition) is 2. The van der Waals surface area contributed by atoms with Gasteiger partial charge in [-0.05, 0) is 44.0 Å². The van der Waals surface area contributed by atoms with Gasteiger partial charge in [0.1, 0.15) is 11.9 Å². The molecule has 4 heteroatoms. The van der Waals surface area contributed by atoms with Crippen LogP contribution in [0.3, 0.4) is 0 Å². The fourth-order valence-electron chi connectivity index (χ4n) is 2.84. The summed E-state index contributed by atoms with van der Waals surface area (Å²) in [4.78, 5) is 14.6. The van der Waals surface area contributed by atoms with Gasteiger partial charge < -0.3 is 10.1 Å². The number of rotatable bonds is 2. The van der Waals surface area contributed by atoms with E-state index in [1.807, 2.05) is 50.2 Å². The van der Waals surface area contributed by atoms with Crippen molar-refractivity contribution < 1.29 is 9.53 Å². The van der Waals surface area contributed by atoms with Crippen LogP contribution in [0.4, 0.5) is 16.2 Å². The van der Waals surface area contributed by atoms with Gasteiger partial charge in [-0.1, -0.05) is 36.8 Å². The first-order valence-corrected chi connectivity index (χ1v) is 8.00. The number of aryl methyl sites for hydroxylation is 2. The maximum Gasteiger partial charge on any atom is 0.326 e. The second kappa shape index (κ2) is 6.32. The second-order valence-corrected chi connectivity index (χ2v) is 5.97. The molecule has 0 unspecified atom stereocenters. The van der Waals surface area contributed by atoms with Crippen LogP contribution in [0.1, 0.15) is 24.5 Å². The molecule has 0 bridgehead atoms. The molecule has 0 aromatic heterocycles. The summed E-state index contributed by atoms with van der Waals surface area (Å²) < 4.78 is 5.93. The Morgan fingerprint density at radius 3 is 2.78 bits per heavy atom. The number of benzene rings is 2. The van der Waals surface area contributed by atoms with Gasteiger partial charge >= 0.3 is 6.03 Å². The SMILES string of the molecule is CC[C@H]1CN(C(=O)Nc2ccc(C)cc2C)c2ccccc2O1. The van der Waals surface area contributed by atoms with E-state index in [0.717, 1.165) is 29.1 Å². The largest absolute Gasteiger partial charge is 0.486 e. The molecule has 4 nitrogen and oxygen atoms in total. The molecule has 0 spiro atoms. The Morgan fingerprint density at radius 2 is 2.04 bits per heavy atom. The van der Waals surface area contributed by atoms with E-state index in [0.29, 0.717) is 6.54 Å². The number of para-hydroxylation sites is 2. The van der Waals surface area contributed by atoms with Crippen molar-refractivity contribution in [2.75, 3.05) is 16.8 Å². The van der Waals surface area contributed by atoms with Gasteiger partial charge in [-0.3, -0.25) is 4.90 Å².